The predicted molar refractivity (Wildman–Crippen MR) is 160 cm³/mol. The maximum absolute atomic E-state index is 11.6. The fraction of sp³-hybridized carbons (Fsp3) is 0.308. The molecule has 4 aromatic rings. The van der Waals surface area contributed by atoms with Gasteiger partial charge in [-0.3, -0.25) is 9.98 Å². The van der Waals surface area contributed by atoms with Crippen molar-refractivity contribution in [3.63, 3.8) is 0 Å². The molecule has 0 spiro atoms. The molecular weight excluding hydrogens is 560 g/mol. The van der Waals surface area contributed by atoms with Crippen LogP contribution in [0.25, 0.3) is 21.8 Å². The molecule has 13 heteroatoms. The lowest BCUT2D eigenvalue weighted by atomic mass is 10.2. The second-order valence-electron chi connectivity index (χ2n) is 8.47. The highest BCUT2D eigenvalue weighted by molar-refractivity contribution is 8.14. The minimum absolute atomic E-state index is 0. The van der Waals surface area contributed by atoms with Crippen molar-refractivity contribution in [1.82, 2.24) is 19.8 Å². The van der Waals surface area contributed by atoms with Gasteiger partial charge in [0.2, 0.25) is 0 Å². The topological polar surface area (TPSA) is 130 Å². The second kappa shape index (κ2) is 12.8. The van der Waals surface area contributed by atoms with Crippen molar-refractivity contribution in [2.75, 3.05) is 26.2 Å². The summed E-state index contributed by atoms with van der Waals surface area (Å²) < 4.78 is 47.6. The number of nitrogens with zero attached hydrogens (tertiary/aromatic N) is 4. The van der Waals surface area contributed by atoms with Gasteiger partial charge in [-0.2, -0.15) is 0 Å². The number of rotatable bonds is 6. The van der Waals surface area contributed by atoms with Crippen LogP contribution in [0, 0.1) is 0 Å². The molecule has 0 fully saturated rings. The van der Waals surface area contributed by atoms with Gasteiger partial charge in [-0.25, -0.2) is 12.6 Å². The van der Waals surface area contributed by atoms with Crippen molar-refractivity contribution in [3.05, 3.63) is 60.9 Å². The van der Waals surface area contributed by atoms with Gasteiger partial charge in [-0.05, 0) is 12.1 Å². The number of hydrogen-bond acceptors (Lipinski definition) is 7. The van der Waals surface area contributed by atoms with Gasteiger partial charge in [-0.1, -0.05) is 51.3 Å². The number of aromatic nitrogens is 2. The van der Waals surface area contributed by atoms with Crippen LogP contribution in [0.15, 0.2) is 80.7 Å². The molecule has 2 aromatic heterocycles. The summed E-state index contributed by atoms with van der Waals surface area (Å²) >= 11 is -1.97. The first-order valence-corrected chi connectivity index (χ1v) is 15.0. The first kappa shape index (κ1) is 30.4. The van der Waals surface area contributed by atoms with E-state index in [1.54, 1.807) is 24.5 Å². The minimum atomic E-state index is -3.75. The van der Waals surface area contributed by atoms with Crippen LogP contribution in [-0.4, -0.2) is 64.2 Å². The third-order valence-corrected chi connectivity index (χ3v) is 8.13. The Labute approximate surface area is 235 Å². The zero-order valence-electron chi connectivity index (χ0n) is 19.7. The van der Waals surface area contributed by atoms with Crippen LogP contribution in [0.3, 0.4) is 0 Å². The van der Waals surface area contributed by atoms with Crippen LogP contribution in [0.4, 0.5) is 0 Å². The SMILES string of the molecule is C.C.O=S(=O)(Cl)c1cn(CC2=NCCN2)c2ccccc12.O=S(O)c1cn(CC2=NCCN2)c2ccccc12. The third kappa shape index (κ3) is 6.70. The number of halogens is 1. The number of hydrogen-bond donors (Lipinski definition) is 3. The maximum atomic E-state index is 11.6. The molecule has 3 N–H and O–H groups in total. The average Bonchev–Trinajstić information content (AvgIpc) is 3.67. The fourth-order valence-electron chi connectivity index (χ4n) is 4.45. The molecule has 1 atom stereocenters. The number of amidine groups is 2. The zero-order valence-corrected chi connectivity index (χ0v) is 22.1. The minimum Gasteiger partial charge on any atom is -0.370 e. The van der Waals surface area contributed by atoms with Crippen LogP contribution in [-0.2, 0) is 33.2 Å². The second-order valence-corrected chi connectivity index (χ2v) is 11.9. The van der Waals surface area contributed by atoms with Crippen LogP contribution in [0.1, 0.15) is 14.9 Å². The fourth-order valence-corrected chi connectivity index (χ4v) is 6.09. The summed E-state index contributed by atoms with van der Waals surface area (Å²) in [7, 11) is 1.73. The number of nitrogens with one attached hydrogen (secondary N) is 2. The Hall–Kier alpha value is -3.19. The van der Waals surface area contributed by atoms with E-state index in [1.165, 1.54) is 0 Å². The third-order valence-electron chi connectivity index (χ3n) is 6.08. The first-order valence-electron chi connectivity index (χ1n) is 11.6. The van der Waals surface area contributed by atoms with E-state index in [0.717, 1.165) is 54.3 Å². The molecule has 4 heterocycles. The Bertz CT molecular complexity index is 1660. The molecule has 0 bridgehead atoms. The molecule has 0 saturated carbocycles. The lowest BCUT2D eigenvalue weighted by molar-refractivity contribution is 0.565. The van der Waals surface area contributed by atoms with E-state index in [0.29, 0.717) is 23.4 Å². The van der Waals surface area contributed by atoms with E-state index >= 15 is 0 Å². The molecule has 10 nitrogen and oxygen atoms in total. The molecule has 6 rings (SSSR count). The highest BCUT2D eigenvalue weighted by Crippen LogP contribution is 2.28. The number of aliphatic imine (C=N–C) groups is 2. The summed E-state index contributed by atoms with van der Waals surface area (Å²) in [5.74, 6) is 1.78. The molecule has 210 valence electrons. The lowest BCUT2D eigenvalue weighted by Crippen LogP contribution is -2.23. The van der Waals surface area contributed by atoms with Gasteiger partial charge < -0.3 is 24.3 Å². The normalized spacial score (nSPS) is 15.2. The Morgan fingerprint density at radius 1 is 0.846 bits per heavy atom. The molecular formula is C26H33ClN6O4S2. The van der Waals surface area contributed by atoms with Crippen LogP contribution in [0.2, 0.25) is 0 Å². The zero-order chi connectivity index (χ0) is 26.0. The molecule has 0 aliphatic carbocycles. The number of benzene rings is 2. The van der Waals surface area contributed by atoms with Gasteiger partial charge in [0.25, 0.3) is 9.05 Å². The first-order chi connectivity index (χ1) is 17.8. The quantitative estimate of drug-likeness (QED) is 0.229. The summed E-state index contributed by atoms with van der Waals surface area (Å²) in [5, 5.41) is 7.82. The molecule has 39 heavy (non-hydrogen) atoms. The standard InChI is InChI=1S/C12H12ClN3O2S.C12H13N3O2S.2CH4/c13-19(17,18)11-7-16(8-12-14-5-6-15-12)10-4-2-1-3-9(10)11;16-18(17)11-7-15(8-12-13-5-6-14-12)10-4-2-1-3-9(10)11;;/h1-4,7H,5-6,8H2,(H,14,15);1-4,7H,5-6,8H2,(H,13,14)(H,16,17);2*1H4. The predicted octanol–water partition coefficient (Wildman–Crippen LogP) is 4.07. The summed E-state index contributed by atoms with van der Waals surface area (Å²) in [5.41, 5.74) is 1.78. The van der Waals surface area contributed by atoms with Gasteiger partial charge in [0.1, 0.15) is 16.6 Å². The van der Waals surface area contributed by atoms with E-state index in [-0.39, 0.29) is 19.7 Å². The number of fused-ring (bicyclic) bond motifs is 2. The maximum Gasteiger partial charge on any atom is 0.263 e. The highest BCUT2D eigenvalue weighted by atomic mass is 35.7. The van der Waals surface area contributed by atoms with Gasteiger partial charge >= 0.3 is 0 Å². The Morgan fingerprint density at radius 2 is 1.33 bits per heavy atom. The van der Waals surface area contributed by atoms with Gasteiger partial charge in [-0.15, -0.1) is 0 Å². The van der Waals surface area contributed by atoms with Gasteiger partial charge in [0, 0.05) is 58.0 Å². The summed E-state index contributed by atoms with van der Waals surface area (Å²) in [4.78, 5) is 9.24. The molecule has 1 unspecified atom stereocenters. The molecule has 2 aliphatic rings. The Kier molecular flexibility index (Phi) is 9.94. The molecule has 0 saturated heterocycles. The van der Waals surface area contributed by atoms with E-state index in [9.17, 15) is 17.2 Å². The Morgan fingerprint density at radius 3 is 1.82 bits per heavy atom. The van der Waals surface area contributed by atoms with Crippen molar-refractivity contribution in [2.24, 2.45) is 9.98 Å². The highest BCUT2D eigenvalue weighted by Gasteiger charge is 2.19. The van der Waals surface area contributed by atoms with Crippen molar-refractivity contribution < 1.29 is 17.2 Å². The summed E-state index contributed by atoms with van der Waals surface area (Å²) in [6.07, 6.45) is 3.29. The monoisotopic (exact) mass is 592 g/mol. The molecule has 2 aromatic carbocycles. The molecule has 2 aliphatic heterocycles. The van der Waals surface area contributed by atoms with Crippen LogP contribution < -0.4 is 10.6 Å². The van der Waals surface area contributed by atoms with E-state index in [4.69, 9.17) is 10.7 Å². The summed E-state index contributed by atoms with van der Waals surface area (Å²) in [6.45, 7) is 4.38. The van der Waals surface area contributed by atoms with Gasteiger partial charge in [0.15, 0.2) is 11.1 Å². The molecule has 0 amide bonds. The number of para-hydroxylation sites is 2. The summed E-state index contributed by atoms with van der Waals surface area (Å²) in [6, 6.07) is 14.9. The van der Waals surface area contributed by atoms with Crippen LogP contribution in [0.5, 0.6) is 0 Å². The van der Waals surface area contributed by atoms with Crippen molar-refractivity contribution in [3.8, 4) is 0 Å². The largest absolute Gasteiger partial charge is 0.370 e. The molecule has 0 radical (unpaired) electrons. The van der Waals surface area contributed by atoms with E-state index in [2.05, 4.69) is 20.6 Å². The smallest absolute Gasteiger partial charge is 0.263 e. The average molecular weight is 593 g/mol. The van der Waals surface area contributed by atoms with Crippen molar-refractivity contribution in [1.29, 1.82) is 0 Å². The van der Waals surface area contributed by atoms with E-state index < -0.39 is 20.1 Å². The van der Waals surface area contributed by atoms with Crippen molar-refractivity contribution >= 4 is 64.3 Å². The van der Waals surface area contributed by atoms with Crippen molar-refractivity contribution in [2.45, 2.75) is 37.7 Å². The Balaban J connectivity index is 0.000000205. The lowest BCUT2D eigenvalue weighted by Gasteiger charge is -2.05. The van der Waals surface area contributed by atoms with E-state index in [1.807, 2.05) is 45.5 Å². The van der Waals surface area contributed by atoms with Gasteiger partial charge in [0.05, 0.1) is 31.1 Å². The van der Waals surface area contributed by atoms with Crippen LogP contribution >= 0.6 is 10.7 Å².